The Hall–Kier alpha value is -6.60. The van der Waals surface area contributed by atoms with Gasteiger partial charge in [0.2, 0.25) is 5.91 Å². The molecule has 0 radical (unpaired) electrons. The number of primary amides is 1. The van der Waals surface area contributed by atoms with Crippen molar-refractivity contribution in [2.45, 2.75) is 70.2 Å². The Kier molecular flexibility index (Phi) is 12.1. The van der Waals surface area contributed by atoms with Gasteiger partial charge in [-0.25, -0.2) is 14.8 Å². The molecule has 2 aliphatic rings. The van der Waals surface area contributed by atoms with Crippen LogP contribution in [-0.4, -0.2) is 89.8 Å². The Labute approximate surface area is 350 Å². The molecule has 0 saturated carbocycles. The molecule has 60 heavy (non-hydrogen) atoms. The topological polar surface area (TPSA) is 166 Å². The highest BCUT2D eigenvalue weighted by atomic mass is 16.6. The van der Waals surface area contributed by atoms with E-state index in [1.165, 1.54) is 0 Å². The number of H-pyrrole nitrogens is 2. The van der Waals surface area contributed by atoms with Gasteiger partial charge >= 0.3 is 6.09 Å². The molecule has 0 unspecified atom stereocenters. The fourth-order valence-electron chi connectivity index (χ4n) is 8.72. The fraction of sp³-hybridized carbons (Fsp3) is 0.319. The molecule has 4 N–H and O–H groups in total. The zero-order valence-electron chi connectivity index (χ0n) is 34.0. The summed E-state index contributed by atoms with van der Waals surface area (Å²) in [4.78, 5) is 66.4. The van der Waals surface area contributed by atoms with Crippen LogP contribution in [0.5, 0.6) is 0 Å². The van der Waals surface area contributed by atoms with Crippen LogP contribution in [0.3, 0.4) is 0 Å². The Balaban J connectivity index is 0.924. The first-order chi connectivity index (χ1) is 29.3. The highest BCUT2D eigenvalue weighted by Gasteiger charge is 2.39. The predicted molar refractivity (Wildman–Crippen MR) is 229 cm³/mol. The van der Waals surface area contributed by atoms with Crippen molar-refractivity contribution < 1.29 is 19.1 Å². The second kappa shape index (κ2) is 18.1. The third-order valence-corrected chi connectivity index (χ3v) is 11.8. The number of benzene rings is 3. The molecule has 0 bridgehead atoms. The number of aromatic amines is 2. The molecule has 3 aromatic heterocycles. The van der Waals surface area contributed by atoms with E-state index in [-0.39, 0.29) is 36.4 Å². The summed E-state index contributed by atoms with van der Waals surface area (Å²) in [6.07, 6.45) is 6.66. The Morgan fingerprint density at radius 2 is 1.22 bits per heavy atom. The number of pyridine rings is 1. The average molecular weight is 806 g/mol. The molecule has 8 rings (SSSR count). The van der Waals surface area contributed by atoms with E-state index in [0.29, 0.717) is 24.6 Å². The van der Waals surface area contributed by atoms with Gasteiger partial charge in [0.15, 0.2) is 6.10 Å². The van der Waals surface area contributed by atoms with E-state index in [4.69, 9.17) is 15.5 Å². The summed E-state index contributed by atoms with van der Waals surface area (Å²) < 4.78 is 5.28. The molecule has 2 fully saturated rings. The molecule has 2 saturated heterocycles. The van der Waals surface area contributed by atoms with Crippen LogP contribution >= 0.6 is 0 Å². The van der Waals surface area contributed by atoms with Crippen molar-refractivity contribution in [1.29, 1.82) is 0 Å². The minimum absolute atomic E-state index is 0.103. The highest BCUT2D eigenvalue weighted by molar-refractivity contribution is 5.85. The SMILES string of the molecule is CCN(CC)[C@@H](C(=O)N1CCC[C@H]1c1ncc(-c2ccc(-c3ccc(-c4cnc([C@@H]5CCCN5C(=O)[C@H](Cc5ccccn5)OC(N)=O)[nH]4)cc3)cc2)[nH]1)c1ccccc1. The summed E-state index contributed by atoms with van der Waals surface area (Å²) in [5, 5.41) is 0. The maximum absolute atomic E-state index is 14.2. The Morgan fingerprint density at radius 3 is 1.72 bits per heavy atom. The number of nitrogens with two attached hydrogens (primary N) is 1. The molecular weight excluding hydrogens is 755 g/mol. The summed E-state index contributed by atoms with van der Waals surface area (Å²) in [6.45, 7) is 7.01. The Morgan fingerprint density at radius 1 is 0.700 bits per heavy atom. The number of likely N-dealkylation sites (N-methyl/N-ethyl adjacent to an activating group) is 1. The van der Waals surface area contributed by atoms with Crippen molar-refractivity contribution >= 4 is 17.9 Å². The summed E-state index contributed by atoms with van der Waals surface area (Å²) in [5.41, 5.74) is 12.9. The predicted octanol–water partition coefficient (Wildman–Crippen LogP) is 7.65. The number of imidazole rings is 2. The highest BCUT2D eigenvalue weighted by Crippen LogP contribution is 2.37. The first-order valence-electron chi connectivity index (χ1n) is 20.9. The monoisotopic (exact) mass is 805 g/mol. The van der Waals surface area contributed by atoms with E-state index in [2.05, 4.69) is 99.3 Å². The third-order valence-electron chi connectivity index (χ3n) is 11.8. The zero-order chi connectivity index (χ0) is 41.6. The van der Waals surface area contributed by atoms with Crippen LogP contribution in [0.1, 0.15) is 80.6 Å². The first kappa shape index (κ1) is 40.2. The summed E-state index contributed by atoms with van der Waals surface area (Å²) in [7, 11) is 0. The van der Waals surface area contributed by atoms with E-state index < -0.39 is 12.2 Å². The van der Waals surface area contributed by atoms with E-state index in [1.54, 1.807) is 29.4 Å². The molecular formula is C47H51N9O4. The number of hydrogen-bond donors (Lipinski definition) is 3. The molecule has 6 aromatic rings. The lowest BCUT2D eigenvalue weighted by Gasteiger charge is -2.34. The lowest BCUT2D eigenvalue weighted by molar-refractivity contribution is -0.141. The molecule has 5 heterocycles. The van der Waals surface area contributed by atoms with Crippen LogP contribution in [0, 0.1) is 0 Å². The minimum Gasteiger partial charge on any atom is -0.436 e. The quantitative estimate of drug-likeness (QED) is 0.101. The van der Waals surface area contributed by atoms with Gasteiger partial charge in [0, 0.05) is 31.4 Å². The minimum atomic E-state index is -1.08. The zero-order valence-corrected chi connectivity index (χ0v) is 34.0. The molecule has 3 aromatic carbocycles. The van der Waals surface area contributed by atoms with Crippen LogP contribution in [0.4, 0.5) is 4.79 Å². The van der Waals surface area contributed by atoms with E-state index in [0.717, 1.165) is 83.8 Å². The van der Waals surface area contributed by atoms with Gasteiger partial charge in [0.25, 0.3) is 5.91 Å². The fourth-order valence-corrected chi connectivity index (χ4v) is 8.72. The van der Waals surface area contributed by atoms with Crippen LogP contribution in [0.15, 0.2) is 116 Å². The van der Waals surface area contributed by atoms with Crippen molar-refractivity contribution in [1.82, 2.24) is 39.6 Å². The molecule has 13 nitrogen and oxygen atoms in total. The van der Waals surface area contributed by atoms with Crippen LogP contribution in [-0.2, 0) is 20.7 Å². The molecule has 308 valence electrons. The molecule has 0 spiro atoms. The number of nitrogens with one attached hydrogen (secondary N) is 2. The number of carbonyl (C=O) groups is 3. The molecule has 4 atom stereocenters. The van der Waals surface area contributed by atoms with Crippen molar-refractivity contribution in [3.8, 4) is 33.6 Å². The van der Waals surface area contributed by atoms with E-state index >= 15 is 0 Å². The van der Waals surface area contributed by atoms with Crippen molar-refractivity contribution in [3.05, 3.63) is 139 Å². The number of hydrogen-bond acceptors (Lipinski definition) is 8. The summed E-state index contributed by atoms with van der Waals surface area (Å²) in [5.74, 6) is 1.30. The average Bonchev–Trinajstić information content (AvgIpc) is 4.13. The maximum atomic E-state index is 14.2. The smallest absolute Gasteiger partial charge is 0.405 e. The van der Waals surface area contributed by atoms with Gasteiger partial charge in [0.1, 0.15) is 17.7 Å². The molecule has 2 aliphatic heterocycles. The van der Waals surface area contributed by atoms with E-state index in [9.17, 15) is 14.4 Å². The van der Waals surface area contributed by atoms with Crippen LogP contribution in [0.25, 0.3) is 33.6 Å². The van der Waals surface area contributed by atoms with Gasteiger partial charge in [-0.15, -0.1) is 0 Å². The number of likely N-dealkylation sites (tertiary alicyclic amines) is 2. The number of nitrogens with zero attached hydrogens (tertiary/aromatic N) is 6. The van der Waals surface area contributed by atoms with Crippen LogP contribution in [0.2, 0.25) is 0 Å². The molecule has 13 heteroatoms. The largest absolute Gasteiger partial charge is 0.436 e. The third kappa shape index (κ3) is 8.57. The summed E-state index contributed by atoms with van der Waals surface area (Å²) in [6, 6.07) is 31.4. The van der Waals surface area contributed by atoms with Gasteiger partial charge in [0.05, 0.1) is 35.9 Å². The molecule has 3 amide bonds. The lowest BCUT2D eigenvalue weighted by atomic mass is 10.0. The lowest BCUT2D eigenvalue weighted by Crippen LogP contribution is -2.43. The van der Waals surface area contributed by atoms with Gasteiger partial charge in [-0.1, -0.05) is 98.8 Å². The van der Waals surface area contributed by atoms with Gasteiger partial charge in [-0.05, 0) is 78.7 Å². The summed E-state index contributed by atoms with van der Waals surface area (Å²) >= 11 is 0. The number of amides is 3. The van der Waals surface area contributed by atoms with Gasteiger partial charge < -0.3 is 30.2 Å². The second-order valence-electron chi connectivity index (χ2n) is 15.4. The number of aromatic nitrogens is 5. The normalized spacial score (nSPS) is 17.5. The maximum Gasteiger partial charge on any atom is 0.405 e. The van der Waals surface area contributed by atoms with Gasteiger partial charge in [-0.3, -0.25) is 19.5 Å². The number of carbonyl (C=O) groups excluding carboxylic acids is 3. The van der Waals surface area contributed by atoms with Crippen LogP contribution < -0.4 is 5.73 Å². The number of rotatable bonds is 14. The first-order valence-corrected chi connectivity index (χ1v) is 20.9. The standard InChI is InChI=1S/C47H51N9O4/c1-3-54(4-2)42(35-12-6-5-7-13-35)46(58)56-27-11-16-40(56)44-51-30-38(53-44)34-23-19-32(20-24-34)31-17-21-33(22-18-31)37-29-50-43(52-37)39-15-10-26-55(39)45(57)41(60-47(48)59)28-36-14-8-9-25-49-36/h5-9,12-14,17-25,29-30,39-42H,3-4,10-11,15-16,26-28H2,1-2H3,(H2,48,59)(H,50,52)(H,51,53)/t39-,40-,41-,42+/m0/s1. The van der Waals surface area contributed by atoms with Crippen molar-refractivity contribution in [3.63, 3.8) is 0 Å². The Bertz CT molecular complexity index is 2380. The van der Waals surface area contributed by atoms with E-state index in [1.807, 2.05) is 35.4 Å². The molecule has 0 aliphatic carbocycles. The van der Waals surface area contributed by atoms with Gasteiger partial charge in [-0.2, -0.15) is 0 Å². The second-order valence-corrected chi connectivity index (χ2v) is 15.4. The number of ether oxygens (including phenoxy) is 1. The van der Waals surface area contributed by atoms with Crippen molar-refractivity contribution in [2.75, 3.05) is 26.2 Å². The van der Waals surface area contributed by atoms with Crippen molar-refractivity contribution in [2.24, 2.45) is 5.73 Å².